The molecule has 8 heteroatoms. The Morgan fingerprint density at radius 3 is 2.65 bits per heavy atom. The summed E-state index contributed by atoms with van der Waals surface area (Å²) < 4.78 is 1.51. The van der Waals surface area contributed by atoms with Crippen LogP contribution in [0.2, 0.25) is 0 Å². The first-order valence-electron chi connectivity index (χ1n) is 13.7. The Balaban J connectivity index is 1.60. The van der Waals surface area contributed by atoms with E-state index in [0.717, 1.165) is 47.2 Å². The van der Waals surface area contributed by atoms with Gasteiger partial charge in [0.25, 0.3) is 11.5 Å². The highest BCUT2D eigenvalue weighted by Crippen LogP contribution is 2.28. The number of nitrogens with one attached hydrogen (secondary N) is 3. The summed E-state index contributed by atoms with van der Waals surface area (Å²) in [4.78, 5) is 30.9. The van der Waals surface area contributed by atoms with Gasteiger partial charge in [0.1, 0.15) is 0 Å². The van der Waals surface area contributed by atoms with Gasteiger partial charge < -0.3 is 25.6 Å². The molecule has 4 aromatic rings. The molecule has 0 aliphatic heterocycles. The third-order valence-corrected chi connectivity index (χ3v) is 6.80. The van der Waals surface area contributed by atoms with Crippen LogP contribution in [0.15, 0.2) is 77.7 Å². The minimum absolute atomic E-state index is 0.0707. The lowest BCUT2D eigenvalue weighted by molar-refractivity contribution is 0.102. The first-order chi connectivity index (χ1) is 19.4. The predicted octanol–water partition coefficient (Wildman–Crippen LogP) is 5.18. The van der Waals surface area contributed by atoms with Crippen molar-refractivity contribution in [2.24, 2.45) is 7.05 Å². The van der Waals surface area contributed by atoms with E-state index in [-0.39, 0.29) is 23.9 Å². The van der Waals surface area contributed by atoms with E-state index in [1.54, 1.807) is 13.2 Å². The Labute approximate surface area is 235 Å². The molecule has 1 amide bonds. The van der Waals surface area contributed by atoms with Gasteiger partial charge in [-0.05, 0) is 60.7 Å². The Morgan fingerprint density at radius 2 is 1.85 bits per heavy atom. The van der Waals surface area contributed by atoms with Gasteiger partial charge in [-0.25, -0.2) is 4.98 Å². The van der Waals surface area contributed by atoms with Crippen LogP contribution in [0.25, 0.3) is 11.3 Å². The van der Waals surface area contributed by atoms with Crippen molar-refractivity contribution in [2.45, 2.75) is 39.7 Å². The Morgan fingerprint density at radius 1 is 1.05 bits per heavy atom. The number of nitrogens with zero attached hydrogens (tertiary/aromatic N) is 2. The molecular formula is C32H37N5O3. The Bertz CT molecular complexity index is 1530. The van der Waals surface area contributed by atoms with E-state index in [1.165, 1.54) is 4.57 Å². The van der Waals surface area contributed by atoms with E-state index in [9.17, 15) is 9.59 Å². The van der Waals surface area contributed by atoms with Crippen molar-refractivity contribution in [3.63, 3.8) is 0 Å². The molecule has 4 rings (SSSR count). The van der Waals surface area contributed by atoms with Crippen molar-refractivity contribution in [1.29, 1.82) is 0 Å². The highest BCUT2D eigenvalue weighted by atomic mass is 16.3. The number of unbranched alkanes of at least 4 members (excludes halogenated alkanes) is 1. The zero-order valence-electron chi connectivity index (χ0n) is 23.3. The lowest BCUT2D eigenvalue weighted by Crippen LogP contribution is -2.22. The van der Waals surface area contributed by atoms with Crippen molar-refractivity contribution < 1.29 is 9.90 Å². The number of benzene rings is 3. The summed E-state index contributed by atoms with van der Waals surface area (Å²) in [5.41, 5.74) is 6.21. The van der Waals surface area contributed by atoms with E-state index in [0.29, 0.717) is 30.0 Å². The first kappa shape index (κ1) is 28.7. The van der Waals surface area contributed by atoms with Gasteiger partial charge in [-0.15, -0.1) is 0 Å². The number of amides is 1. The molecular weight excluding hydrogens is 502 g/mol. The van der Waals surface area contributed by atoms with Gasteiger partial charge in [0.2, 0.25) is 0 Å². The van der Waals surface area contributed by atoms with Crippen molar-refractivity contribution in [2.75, 3.05) is 23.8 Å². The average Bonchev–Trinajstić information content (AvgIpc) is 2.96. The van der Waals surface area contributed by atoms with Gasteiger partial charge in [-0.1, -0.05) is 55.8 Å². The summed E-state index contributed by atoms with van der Waals surface area (Å²) in [5.74, 6) is 0.0650. The second kappa shape index (κ2) is 13.7. The van der Waals surface area contributed by atoms with Crippen LogP contribution in [0.1, 0.15) is 46.8 Å². The van der Waals surface area contributed by atoms with Crippen LogP contribution in [0.4, 0.5) is 17.2 Å². The zero-order chi connectivity index (χ0) is 28.5. The molecule has 3 aromatic carbocycles. The number of aryl methyl sites for hydroxylation is 2. The number of carbonyl (C=O) groups is 1. The number of carbonyl (C=O) groups excluding carboxylic acids is 1. The molecule has 8 nitrogen and oxygen atoms in total. The van der Waals surface area contributed by atoms with Gasteiger partial charge in [-0.3, -0.25) is 9.59 Å². The van der Waals surface area contributed by atoms with E-state index < -0.39 is 0 Å². The van der Waals surface area contributed by atoms with Crippen LogP contribution in [0.3, 0.4) is 0 Å². The summed E-state index contributed by atoms with van der Waals surface area (Å²) in [6, 6.07) is 21.1. The van der Waals surface area contributed by atoms with E-state index in [1.807, 2.05) is 73.7 Å². The van der Waals surface area contributed by atoms with Crippen LogP contribution in [0, 0.1) is 6.92 Å². The minimum Gasteiger partial charge on any atom is -0.395 e. The first-order valence-corrected chi connectivity index (χ1v) is 13.7. The number of aliphatic hydroxyl groups excluding tert-OH is 1. The van der Waals surface area contributed by atoms with Crippen LogP contribution >= 0.6 is 0 Å². The SMILES string of the molecule is CCCCc1ccccc1C(=O)Nc1cccc(-c2cn(C)c(=O)c(Nc3cccc(CNCCO)c3)n2)c1C. The molecule has 1 heterocycles. The van der Waals surface area contributed by atoms with Crippen LogP contribution < -0.4 is 21.5 Å². The molecule has 0 saturated carbocycles. The van der Waals surface area contributed by atoms with E-state index in [4.69, 9.17) is 5.11 Å². The lowest BCUT2D eigenvalue weighted by Gasteiger charge is -2.15. The normalized spacial score (nSPS) is 10.9. The van der Waals surface area contributed by atoms with Gasteiger partial charge >= 0.3 is 0 Å². The monoisotopic (exact) mass is 539 g/mol. The number of anilines is 3. The molecule has 0 aliphatic rings. The number of hydrogen-bond donors (Lipinski definition) is 4. The summed E-state index contributed by atoms with van der Waals surface area (Å²) in [5, 5.41) is 18.4. The second-order valence-electron chi connectivity index (χ2n) is 9.81. The molecule has 0 aliphatic carbocycles. The van der Waals surface area contributed by atoms with Gasteiger partial charge in [0.05, 0.1) is 12.3 Å². The van der Waals surface area contributed by atoms with Gasteiger partial charge in [0, 0.05) is 48.8 Å². The van der Waals surface area contributed by atoms with Crippen molar-refractivity contribution in [1.82, 2.24) is 14.9 Å². The molecule has 40 heavy (non-hydrogen) atoms. The molecule has 4 N–H and O–H groups in total. The molecule has 1 aromatic heterocycles. The molecule has 0 fully saturated rings. The molecule has 0 saturated heterocycles. The van der Waals surface area contributed by atoms with E-state index >= 15 is 0 Å². The molecule has 0 unspecified atom stereocenters. The fourth-order valence-corrected chi connectivity index (χ4v) is 4.59. The smallest absolute Gasteiger partial charge is 0.293 e. The maximum absolute atomic E-state index is 13.3. The summed E-state index contributed by atoms with van der Waals surface area (Å²) >= 11 is 0. The Kier molecular flexibility index (Phi) is 9.83. The zero-order valence-corrected chi connectivity index (χ0v) is 23.3. The number of aliphatic hydroxyl groups is 1. The quantitative estimate of drug-likeness (QED) is 0.185. The van der Waals surface area contributed by atoms with Crippen LogP contribution in [0.5, 0.6) is 0 Å². The standard InChI is InChI=1S/C32H37N5O3/c1-4-5-11-24-12-6-7-14-27(24)31(39)36-28-16-9-15-26(22(28)2)29-21-37(3)32(40)30(35-29)34-25-13-8-10-23(19-25)20-33-17-18-38/h6-10,12-16,19,21,33,38H,4-5,11,17-18,20H2,1-3H3,(H,34,35)(H,36,39). The van der Waals surface area contributed by atoms with Crippen molar-refractivity contribution in [3.05, 3.63) is 106 Å². The molecule has 208 valence electrons. The van der Waals surface area contributed by atoms with Crippen molar-refractivity contribution >= 4 is 23.1 Å². The number of rotatable bonds is 12. The molecule has 0 radical (unpaired) electrons. The average molecular weight is 540 g/mol. The molecule has 0 atom stereocenters. The Hall–Kier alpha value is -4.27. The third kappa shape index (κ3) is 7.02. The summed E-state index contributed by atoms with van der Waals surface area (Å²) in [7, 11) is 1.70. The fraction of sp³-hybridized carbons (Fsp3) is 0.281. The fourth-order valence-electron chi connectivity index (χ4n) is 4.59. The molecule has 0 spiro atoms. The summed E-state index contributed by atoms with van der Waals surface area (Å²) in [6.45, 7) is 5.26. The second-order valence-corrected chi connectivity index (χ2v) is 9.81. The highest BCUT2D eigenvalue weighted by Gasteiger charge is 2.16. The predicted molar refractivity (Wildman–Crippen MR) is 161 cm³/mol. The minimum atomic E-state index is -0.252. The topological polar surface area (TPSA) is 108 Å². The van der Waals surface area contributed by atoms with E-state index in [2.05, 4.69) is 27.9 Å². The summed E-state index contributed by atoms with van der Waals surface area (Å²) in [6.07, 6.45) is 4.65. The largest absolute Gasteiger partial charge is 0.395 e. The van der Waals surface area contributed by atoms with Crippen LogP contribution in [-0.4, -0.2) is 33.7 Å². The number of aromatic nitrogens is 2. The lowest BCUT2D eigenvalue weighted by atomic mass is 10.0. The third-order valence-electron chi connectivity index (χ3n) is 6.80. The van der Waals surface area contributed by atoms with Gasteiger partial charge in [-0.2, -0.15) is 0 Å². The van der Waals surface area contributed by atoms with Gasteiger partial charge in [0.15, 0.2) is 5.82 Å². The molecule has 0 bridgehead atoms. The number of hydrogen-bond acceptors (Lipinski definition) is 6. The highest BCUT2D eigenvalue weighted by molar-refractivity contribution is 6.06. The van der Waals surface area contributed by atoms with Crippen molar-refractivity contribution in [3.8, 4) is 11.3 Å². The maximum Gasteiger partial charge on any atom is 0.293 e. The maximum atomic E-state index is 13.3. The van der Waals surface area contributed by atoms with Crippen LogP contribution in [-0.2, 0) is 20.0 Å².